The zero-order valence-corrected chi connectivity index (χ0v) is 11.4. The van der Waals surface area contributed by atoms with Gasteiger partial charge >= 0.3 is 0 Å². The molecular weight excluding hydrogens is 244 g/mol. The molecule has 0 aromatic rings. The van der Waals surface area contributed by atoms with Crippen molar-refractivity contribution in [2.24, 2.45) is 11.5 Å². The van der Waals surface area contributed by atoms with Crippen LogP contribution in [0.2, 0.25) is 0 Å². The maximum atomic E-state index is 5.23. The van der Waals surface area contributed by atoms with Crippen molar-refractivity contribution in [2.75, 3.05) is 11.5 Å². The van der Waals surface area contributed by atoms with Crippen LogP contribution in [0.3, 0.4) is 0 Å². The van der Waals surface area contributed by atoms with Gasteiger partial charge in [-0.25, -0.2) is 0 Å². The van der Waals surface area contributed by atoms with E-state index in [-0.39, 0.29) is 37.7 Å². The van der Waals surface area contributed by atoms with Crippen molar-refractivity contribution in [3.05, 3.63) is 0 Å². The summed E-state index contributed by atoms with van der Waals surface area (Å²) in [4.78, 5) is 0. The van der Waals surface area contributed by atoms with Crippen LogP contribution in [0, 0.1) is 0 Å². The number of nitrogens with two attached hydrogens (primary N) is 2. The number of hydrogen-bond donors (Lipinski definition) is 2. The van der Waals surface area contributed by atoms with Gasteiger partial charge in [0, 0.05) is 49.2 Å². The van der Waals surface area contributed by atoms with E-state index in [1.165, 1.54) is 23.5 Å². The van der Waals surface area contributed by atoms with E-state index < -0.39 is 0 Å². The molecule has 2 radical (unpaired) electrons. The van der Waals surface area contributed by atoms with Gasteiger partial charge in [-0.2, -0.15) is 0 Å². The van der Waals surface area contributed by atoms with Gasteiger partial charge in [0.2, 0.25) is 0 Å². The average molecular weight is 252 g/mol. The summed E-state index contributed by atoms with van der Waals surface area (Å²) in [7, 11) is 0. The average Bonchev–Trinajstić information content (AvgIpc) is 1.79. The van der Waals surface area contributed by atoms with E-state index in [0.29, 0.717) is 8.64 Å². The topological polar surface area (TPSA) is 52.0 Å². The molecular formula is C4H8CaN2S4. The summed E-state index contributed by atoms with van der Waals surface area (Å²) in [5, 5.41) is 0. The Balaban J connectivity index is 0. The molecule has 0 aliphatic carbocycles. The van der Waals surface area contributed by atoms with E-state index in [9.17, 15) is 0 Å². The van der Waals surface area contributed by atoms with Crippen molar-refractivity contribution in [3.63, 3.8) is 0 Å². The van der Waals surface area contributed by atoms with Gasteiger partial charge in [-0.3, -0.25) is 0 Å². The summed E-state index contributed by atoms with van der Waals surface area (Å²) >= 11 is 12.2. The molecule has 0 spiro atoms. The van der Waals surface area contributed by atoms with Crippen LogP contribution in [0.1, 0.15) is 0 Å². The van der Waals surface area contributed by atoms with Gasteiger partial charge in [0.25, 0.3) is 0 Å². The van der Waals surface area contributed by atoms with Crippen LogP contribution < -0.4 is 11.5 Å². The summed E-state index contributed by atoms with van der Waals surface area (Å²) in [5.41, 5.74) is 10.5. The van der Waals surface area contributed by atoms with Crippen molar-refractivity contribution in [3.8, 4) is 0 Å². The second-order valence-electron chi connectivity index (χ2n) is 1.33. The molecule has 4 N–H and O–H groups in total. The third-order valence-electron chi connectivity index (χ3n) is 0.572. The Morgan fingerprint density at radius 2 is 1.27 bits per heavy atom. The summed E-state index contributed by atoms with van der Waals surface area (Å²) in [6, 6.07) is 0. The van der Waals surface area contributed by atoms with E-state index in [1.807, 2.05) is 0 Å². The SMILES string of the molecule is NC(=S)SCCSC(N)=S.[Ca]. The summed E-state index contributed by atoms with van der Waals surface area (Å²) in [6.45, 7) is 0. The second kappa shape index (κ2) is 9.82. The fourth-order valence-corrected chi connectivity index (χ4v) is 1.85. The van der Waals surface area contributed by atoms with Crippen molar-refractivity contribution in [1.82, 2.24) is 0 Å². The predicted molar refractivity (Wildman–Crippen MR) is 64.2 cm³/mol. The van der Waals surface area contributed by atoms with E-state index in [0.717, 1.165) is 11.5 Å². The second-order valence-corrected chi connectivity index (χ2v) is 5.00. The Hall–Kier alpha value is 1.74. The molecule has 0 saturated heterocycles. The minimum absolute atomic E-state index is 0. The van der Waals surface area contributed by atoms with E-state index in [2.05, 4.69) is 24.4 Å². The first-order valence-electron chi connectivity index (χ1n) is 2.47. The number of rotatable bonds is 3. The Kier molecular flexibility index (Phi) is 13.6. The zero-order chi connectivity index (χ0) is 7.98. The summed E-state index contributed by atoms with van der Waals surface area (Å²) in [5.74, 6) is 1.74. The first-order chi connectivity index (χ1) is 4.63. The fraction of sp³-hybridized carbons (Fsp3) is 0.500. The number of hydrogen-bond acceptors (Lipinski definition) is 4. The van der Waals surface area contributed by atoms with Gasteiger partial charge < -0.3 is 11.5 Å². The first kappa shape index (κ1) is 15.2. The third kappa shape index (κ3) is 14.6. The molecule has 0 heterocycles. The molecule has 60 valence electrons. The quantitative estimate of drug-likeness (QED) is 0.435. The van der Waals surface area contributed by atoms with Crippen LogP contribution in [0.25, 0.3) is 0 Å². The molecule has 0 amide bonds. The largest absolute Gasteiger partial charge is 0.385 e. The molecule has 0 unspecified atom stereocenters. The monoisotopic (exact) mass is 252 g/mol. The van der Waals surface area contributed by atoms with Gasteiger partial charge in [-0.15, -0.1) is 0 Å². The Morgan fingerprint density at radius 3 is 1.45 bits per heavy atom. The maximum absolute atomic E-state index is 5.23. The van der Waals surface area contributed by atoms with Gasteiger partial charge in [-0.05, 0) is 0 Å². The molecule has 0 aromatic carbocycles. The Labute approximate surface area is 116 Å². The van der Waals surface area contributed by atoms with Crippen LogP contribution in [-0.4, -0.2) is 57.9 Å². The maximum Gasteiger partial charge on any atom is 0.131 e. The molecule has 0 rings (SSSR count). The molecule has 0 fully saturated rings. The Morgan fingerprint density at radius 1 is 1.00 bits per heavy atom. The summed E-state index contributed by atoms with van der Waals surface area (Å²) < 4.78 is 0.951. The van der Waals surface area contributed by atoms with Gasteiger partial charge in [0.1, 0.15) is 8.64 Å². The Bertz CT molecular complexity index is 124. The van der Waals surface area contributed by atoms with Crippen molar-refractivity contribution in [1.29, 1.82) is 0 Å². The van der Waals surface area contributed by atoms with Crippen molar-refractivity contribution < 1.29 is 0 Å². The smallest absolute Gasteiger partial charge is 0.131 e. The van der Waals surface area contributed by atoms with E-state index in [1.54, 1.807) is 0 Å². The first-order valence-corrected chi connectivity index (χ1v) is 5.26. The molecule has 0 saturated carbocycles. The number of thiocarbonyl (C=S) groups is 2. The summed E-state index contributed by atoms with van der Waals surface area (Å²) in [6.07, 6.45) is 0. The van der Waals surface area contributed by atoms with Crippen molar-refractivity contribution >= 4 is 94.3 Å². The standard InChI is InChI=1S/C4H8N2S4.Ca/c5-3(7)9-1-2-10-4(6)8;/h1-2H2,(H2,5,7)(H2,6,8);. The van der Waals surface area contributed by atoms with Crippen LogP contribution in [0.15, 0.2) is 0 Å². The zero-order valence-electron chi connectivity index (χ0n) is 5.91. The minimum Gasteiger partial charge on any atom is -0.385 e. The molecule has 7 heteroatoms. The van der Waals surface area contributed by atoms with Gasteiger partial charge in [0.05, 0.1) is 0 Å². The molecule has 0 aliphatic rings. The molecule has 11 heavy (non-hydrogen) atoms. The molecule has 0 aromatic heterocycles. The fourth-order valence-electron chi connectivity index (χ4n) is 0.285. The minimum atomic E-state index is 0. The molecule has 2 nitrogen and oxygen atoms in total. The molecule has 0 bridgehead atoms. The van der Waals surface area contributed by atoms with Gasteiger partial charge in [0.15, 0.2) is 0 Å². The molecule has 0 atom stereocenters. The third-order valence-corrected chi connectivity index (χ3v) is 2.92. The van der Waals surface area contributed by atoms with Crippen LogP contribution in [0.5, 0.6) is 0 Å². The van der Waals surface area contributed by atoms with Crippen molar-refractivity contribution in [2.45, 2.75) is 0 Å². The number of thioether (sulfide) groups is 2. The molecule has 0 aliphatic heterocycles. The van der Waals surface area contributed by atoms with Gasteiger partial charge in [-0.1, -0.05) is 48.0 Å². The van der Waals surface area contributed by atoms with Crippen LogP contribution >= 0.6 is 48.0 Å². The van der Waals surface area contributed by atoms with E-state index >= 15 is 0 Å². The van der Waals surface area contributed by atoms with E-state index in [4.69, 9.17) is 11.5 Å². The van der Waals surface area contributed by atoms with Crippen LogP contribution in [0.4, 0.5) is 0 Å². The normalized spacial score (nSPS) is 8.36. The van der Waals surface area contributed by atoms with Crippen LogP contribution in [-0.2, 0) is 0 Å². The predicted octanol–water partition coefficient (Wildman–Crippen LogP) is 0.559.